The van der Waals surface area contributed by atoms with E-state index >= 15 is 0 Å². The zero-order valence-electron chi connectivity index (χ0n) is 14.5. The number of amides is 1. The molecule has 0 aliphatic rings. The lowest BCUT2D eigenvalue weighted by Crippen LogP contribution is -2.24. The Morgan fingerprint density at radius 1 is 1.04 bits per heavy atom. The number of nitrogens with zero attached hydrogens (tertiary/aromatic N) is 2. The van der Waals surface area contributed by atoms with Gasteiger partial charge in [0.1, 0.15) is 5.82 Å². The Morgan fingerprint density at radius 2 is 1.77 bits per heavy atom. The van der Waals surface area contributed by atoms with Gasteiger partial charge in [0, 0.05) is 36.9 Å². The van der Waals surface area contributed by atoms with E-state index < -0.39 is 0 Å². The van der Waals surface area contributed by atoms with Crippen molar-refractivity contribution in [1.29, 1.82) is 0 Å². The molecule has 0 saturated carbocycles. The largest absolute Gasteiger partial charge is 0.355 e. The van der Waals surface area contributed by atoms with E-state index in [1.54, 1.807) is 18.3 Å². The number of aromatic nitrogens is 1. The van der Waals surface area contributed by atoms with Crippen molar-refractivity contribution in [3.63, 3.8) is 0 Å². The SMILES string of the molecule is CN(Cc1ccccc1)c1cc(C(=O)NCc2ccc(Cl)cc2)ccn1. The highest BCUT2D eigenvalue weighted by molar-refractivity contribution is 6.30. The summed E-state index contributed by atoms with van der Waals surface area (Å²) in [6, 6.07) is 21.1. The van der Waals surface area contributed by atoms with Crippen LogP contribution in [0.5, 0.6) is 0 Å². The van der Waals surface area contributed by atoms with Crippen molar-refractivity contribution >= 4 is 23.3 Å². The molecular weight excluding hydrogens is 346 g/mol. The molecule has 5 heteroatoms. The Hall–Kier alpha value is -2.85. The molecule has 0 bridgehead atoms. The molecule has 132 valence electrons. The Balaban J connectivity index is 1.64. The van der Waals surface area contributed by atoms with Crippen molar-refractivity contribution in [2.75, 3.05) is 11.9 Å². The normalized spacial score (nSPS) is 10.4. The van der Waals surface area contributed by atoms with E-state index in [2.05, 4.69) is 22.4 Å². The van der Waals surface area contributed by atoms with Crippen LogP contribution in [0, 0.1) is 0 Å². The third kappa shape index (κ3) is 4.83. The molecule has 0 saturated heterocycles. The summed E-state index contributed by atoms with van der Waals surface area (Å²) in [4.78, 5) is 18.8. The second-order valence-electron chi connectivity index (χ2n) is 6.05. The Labute approximate surface area is 158 Å². The summed E-state index contributed by atoms with van der Waals surface area (Å²) in [6.07, 6.45) is 1.66. The van der Waals surface area contributed by atoms with Crippen molar-refractivity contribution in [2.24, 2.45) is 0 Å². The van der Waals surface area contributed by atoms with Crippen LogP contribution in [-0.2, 0) is 13.1 Å². The van der Waals surface area contributed by atoms with Crippen LogP contribution in [0.3, 0.4) is 0 Å². The third-order valence-electron chi connectivity index (χ3n) is 4.03. The fourth-order valence-electron chi connectivity index (χ4n) is 2.59. The molecule has 1 amide bonds. The molecule has 3 rings (SSSR count). The molecule has 1 aromatic heterocycles. The lowest BCUT2D eigenvalue weighted by Gasteiger charge is -2.18. The highest BCUT2D eigenvalue weighted by Crippen LogP contribution is 2.15. The van der Waals surface area contributed by atoms with E-state index in [0.29, 0.717) is 17.1 Å². The van der Waals surface area contributed by atoms with Gasteiger partial charge in [0.15, 0.2) is 0 Å². The van der Waals surface area contributed by atoms with Gasteiger partial charge in [0.05, 0.1) is 0 Å². The molecule has 4 nitrogen and oxygen atoms in total. The van der Waals surface area contributed by atoms with Crippen LogP contribution in [0.1, 0.15) is 21.5 Å². The zero-order chi connectivity index (χ0) is 18.4. The van der Waals surface area contributed by atoms with Gasteiger partial charge in [-0.05, 0) is 35.4 Å². The van der Waals surface area contributed by atoms with Crippen molar-refractivity contribution < 1.29 is 4.79 Å². The van der Waals surface area contributed by atoms with Crippen molar-refractivity contribution in [2.45, 2.75) is 13.1 Å². The fourth-order valence-corrected chi connectivity index (χ4v) is 2.72. The first kappa shape index (κ1) is 18.0. The number of halogens is 1. The first-order valence-corrected chi connectivity index (χ1v) is 8.73. The smallest absolute Gasteiger partial charge is 0.251 e. The average Bonchev–Trinajstić information content (AvgIpc) is 2.68. The number of carbonyl (C=O) groups is 1. The van der Waals surface area contributed by atoms with Gasteiger partial charge >= 0.3 is 0 Å². The summed E-state index contributed by atoms with van der Waals surface area (Å²) in [6.45, 7) is 1.18. The van der Waals surface area contributed by atoms with Crippen LogP contribution in [0.15, 0.2) is 72.9 Å². The Bertz CT molecular complexity index is 866. The van der Waals surface area contributed by atoms with Gasteiger partial charge in [-0.15, -0.1) is 0 Å². The van der Waals surface area contributed by atoms with Crippen molar-refractivity contribution in [3.8, 4) is 0 Å². The average molecular weight is 366 g/mol. The second kappa shape index (κ2) is 8.50. The number of pyridine rings is 1. The third-order valence-corrected chi connectivity index (χ3v) is 4.28. The molecule has 0 atom stereocenters. The Kier molecular flexibility index (Phi) is 5.87. The molecular formula is C21H20ClN3O. The second-order valence-corrected chi connectivity index (χ2v) is 6.49. The molecule has 3 aromatic rings. The summed E-state index contributed by atoms with van der Waals surface area (Å²) in [5, 5.41) is 3.60. The topological polar surface area (TPSA) is 45.2 Å². The highest BCUT2D eigenvalue weighted by atomic mass is 35.5. The number of benzene rings is 2. The maximum absolute atomic E-state index is 12.4. The molecule has 0 aliphatic carbocycles. The van der Waals surface area contributed by atoms with Gasteiger partial charge in [-0.25, -0.2) is 4.98 Å². The van der Waals surface area contributed by atoms with E-state index in [0.717, 1.165) is 17.9 Å². The molecule has 1 N–H and O–H groups in total. The van der Waals surface area contributed by atoms with Gasteiger partial charge < -0.3 is 10.2 Å². The molecule has 1 heterocycles. The summed E-state index contributed by atoms with van der Waals surface area (Å²) in [5.41, 5.74) is 2.77. The number of anilines is 1. The minimum Gasteiger partial charge on any atom is -0.355 e. The summed E-state index contributed by atoms with van der Waals surface area (Å²) in [7, 11) is 1.96. The quantitative estimate of drug-likeness (QED) is 0.708. The van der Waals surface area contributed by atoms with E-state index in [9.17, 15) is 4.79 Å². The highest BCUT2D eigenvalue weighted by Gasteiger charge is 2.09. The number of nitrogens with one attached hydrogen (secondary N) is 1. The molecule has 0 unspecified atom stereocenters. The van der Waals surface area contributed by atoms with Crippen LogP contribution in [0.25, 0.3) is 0 Å². The van der Waals surface area contributed by atoms with Crippen molar-refractivity contribution in [1.82, 2.24) is 10.3 Å². The van der Waals surface area contributed by atoms with Gasteiger partial charge in [0.25, 0.3) is 5.91 Å². The van der Waals surface area contributed by atoms with E-state index in [1.807, 2.05) is 54.4 Å². The van der Waals surface area contributed by atoms with Gasteiger partial charge in [-0.2, -0.15) is 0 Å². The summed E-state index contributed by atoms with van der Waals surface area (Å²) >= 11 is 5.88. The van der Waals surface area contributed by atoms with Gasteiger partial charge in [-0.3, -0.25) is 4.79 Å². The fraction of sp³-hybridized carbons (Fsp3) is 0.143. The van der Waals surface area contributed by atoms with Crippen LogP contribution in [0.4, 0.5) is 5.82 Å². The number of carbonyl (C=O) groups excluding carboxylic acids is 1. The standard InChI is InChI=1S/C21H20ClN3O/c1-25(15-17-5-3-2-4-6-17)20-13-18(11-12-23-20)21(26)24-14-16-7-9-19(22)10-8-16/h2-13H,14-15H2,1H3,(H,24,26). The zero-order valence-corrected chi connectivity index (χ0v) is 15.3. The predicted octanol–water partition coefficient (Wildman–Crippen LogP) is 4.30. The minimum absolute atomic E-state index is 0.128. The summed E-state index contributed by atoms with van der Waals surface area (Å²) < 4.78 is 0. The molecule has 26 heavy (non-hydrogen) atoms. The van der Waals surface area contributed by atoms with E-state index in [-0.39, 0.29) is 5.91 Å². The van der Waals surface area contributed by atoms with Crippen LogP contribution < -0.4 is 10.2 Å². The Morgan fingerprint density at radius 3 is 2.50 bits per heavy atom. The maximum atomic E-state index is 12.4. The van der Waals surface area contributed by atoms with Gasteiger partial charge in [-0.1, -0.05) is 54.1 Å². The molecule has 0 fully saturated rings. The van der Waals surface area contributed by atoms with E-state index in [1.165, 1.54) is 5.56 Å². The minimum atomic E-state index is -0.128. The monoisotopic (exact) mass is 365 g/mol. The predicted molar refractivity (Wildman–Crippen MR) is 105 cm³/mol. The van der Waals surface area contributed by atoms with Crippen LogP contribution in [0.2, 0.25) is 5.02 Å². The number of hydrogen-bond donors (Lipinski definition) is 1. The van der Waals surface area contributed by atoms with Gasteiger partial charge in [0.2, 0.25) is 0 Å². The molecule has 0 aliphatic heterocycles. The molecule has 0 radical (unpaired) electrons. The summed E-state index contributed by atoms with van der Waals surface area (Å²) in [5.74, 6) is 0.629. The lowest BCUT2D eigenvalue weighted by atomic mass is 10.2. The first-order valence-electron chi connectivity index (χ1n) is 8.35. The number of hydrogen-bond acceptors (Lipinski definition) is 3. The molecule has 0 spiro atoms. The molecule has 2 aromatic carbocycles. The lowest BCUT2D eigenvalue weighted by molar-refractivity contribution is 0.0951. The van der Waals surface area contributed by atoms with Crippen molar-refractivity contribution in [3.05, 3.63) is 94.6 Å². The first-order chi connectivity index (χ1) is 12.6. The number of rotatable bonds is 6. The van der Waals surface area contributed by atoms with E-state index in [4.69, 9.17) is 11.6 Å². The van der Waals surface area contributed by atoms with Crippen LogP contribution >= 0.6 is 11.6 Å². The maximum Gasteiger partial charge on any atom is 0.251 e. The van der Waals surface area contributed by atoms with Crippen LogP contribution in [-0.4, -0.2) is 17.9 Å².